The topological polar surface area (TPSA) is 79.3 Å². The van der Waals surface area contributed by atoms with Crippen molar-refractivity contribution in [1.82, 2.24) is 4.98 Å². The minimum absolute atomic E-state index is 0.0206. The molecule has 0 unspecified atom stereocenters. The van der Waals surface area contributed by atoms with Gasteiger partial charge in [0.25, 0.3) is 5.91 Å². The predicted octanol–water partition coefficient (Wildman–Crippen LogP) is 4.14. The van der Waals surface area contributed by atoms with Gasteiger partial charge < -0.3 is 10.4 Å². The Morgan fingerprint density at radius 2 is 2.04 bits per heavy atom. The highest BCUT2D eigenvalue weighted by molar-refractivity contribution is 9.10. The molecule has 23 heavy (non-hydrogen) atoms. The van der Waals surface area contributed by atoms with E-state index < -0.39 is 11.9 Å². The van der Waals surface area contributed by atoms with Gasteiger partial charge in [0, 0.05) is 10.7 Å². The third-order valence-corrected chi connectivity index (χ3v) is 3.83. The zero-order valence-electron chi connectivity index (χ0n) is 12.7. The molecule has 1 amide bonds. The van der Waals surface area contributed by atoms with Gasteiger partial charge in [-0.05, 0) is 42.7 Å². The molecule has 1 heterocycles. The Bertz CT molecular complexity index is 714. The SMILES string of the molecule is CCCCc1ccc(C(=O)Nc2ccc(Br)cc2C(=O)O)nc1. The van der Waals surface area contributed by atoms with E-state index in [1.807, 2.05) is 6.07 Å². The van der Waals surface area contributed by atoms with Gasteiger partial charge in [0.05, 0.1) is 11.3 Å². The number of carboxylic acid groups (broad SMARTS) is 1. The largest absolute Gasteiger partial charge is 0.478 e. The summed E-state index contributed by atoms with van der Waals surface area (Å²) >= 11 is 3.22. The smallest absolute Gasteiger partial charge is 0.337 e. The molecule has 2 rings (SSSR count). The quantitative estimate of drug-likeness (QED) is 0.793. The van der Waals surface area contributed by atoms with E-state index in [1.54, 1.807) is 24.4 Å². The van der Waals surface area contributed by atoms with E-state index in [0.29, 0.717) is 4.47 Å². The second kappa shape index (κ2) is 7.87. The van der Waals surface area contributed by atoms with Gasteiger partial charge in [-0.2, -0.15) is 0 Å². The summed E-state index contributed by atoms with van der Waals surface area (Å²) in [6.07, 6.45) is 4.80. The number of amides is 1. The molecule has 0 bridgehead atoms. The molecule has 0 atom stereocenters. The number of unbranched alkanes of at least 4 members (excludes halogenated alkanes) is 1. The van der Waals surface area contributed by atoms with Crippen LogP contribution >= 0.6 is 15.9 Å². The highest BCUT2D eigenvalue weighted by Gasteiger charge is 2.14. The maximum Gasteiger partial charge on any atom is 0.337 e. The molecule has 120 valence electrons. The first-order valence-corrected chi connectivity index (χ1v) is 8.09. The molecule has 5 nitrogen and oxygen atoms in total. The molecule has 0 aliphatic heterocycles. The number of carboxylic acids is 1. The van der Waals surface area contributed by atoms with Crippen molar-refractivity contribution in [1.29, 1.82) is 0 Å². The molecule has 0 fully saturated rings. The number of nitrogens with zero attached hydrogens (tertiary/aromatic N) is 1. The fourth-order valence-electron chi connectivity index (χ4n) is 2.08. The summed E-state index contributed by atoms with van der Waals surface area (Å²) in [4.78, 5) is 27.6. The number of hydrogen-bond acceptors (Lipinski definition) is 3. The minimum atomic E-state index is -1.11. The van der Waals surface area contributed by atoms with Crippen molar-refractivity contribution in [2.75, 3.05) is 5.32 Å². The molecule has 0 radical (unpaired) electrons. The molecule has 0 aliphatic carbocycles. The number of aryl methyl sites for hydroxylation is 1. The molecule has 1 aromatic carbocycles. The van der Waals surface area contributed by atoms with Gasteiger partial charge in [0.1, 0.15) is 5.69 Å². The lowest BCUT2D eigenvalue weighted by atomic mass is 10.1. The van der Waals surface area contributed by atoms with Crippen molar-refractivity contribution in [3.05, 3.63) is 57.8 Å². The maximum absolute atomic E-state index is 12.2. The van der Waals surface area contributed by atoms with Gasteiger partial charge >= 0.3 is 5.97 Å². The fourth-order valence-corrected chi connectivity index (χ4v) is 2.44. The Morgan fingerprint density at radius 3 is 2.65 bits per heavy atom. The van der Waals surface area contributed by atoms with Crippen LogP contribution in [0.3, 0.4) is 0 Å². The monoisotopic (exact) mass is 376 g/mol. The summed E-state index contributed by atoms with van der Waals surface area (Å²) in [6.45, 7) is 2.12. The normalized spacial score (nSPS) is 10.3. The van der Waals surface area contributed by atoms with Crippen LogP contribution in [0.25, 0.3) is 0 Å². The number of pyridine rings is 1. The van der Waals surface area contributed by atoms with Crippen molar-refractivity contribution in [2.45, 2.75) is 26.2 Å². The highest BCUT2D eigenvalue weighted by Crippen LogP contribution is 2.21. The van der Waals surface area contributed by atoms with Gasteiger partial charge in [0.15, 0.2) is 0 Å². The lowest BCUT2D eigenvalue weighted by Crippen LogP contribution is -2.16. The highest BCUT2D eigenvalue weighted by atomic mass is 79.9. The second-order valence-electron chi connectivity index (χ2n) is 5.10. The number of rotatable bonds is 6. The Kier molecular flexibility index (Phi) is 5.87. The first-order valence-electron chi connectivity index (χ1n) is 7.30. The molecule has 2 N–H and O–H groups in total. The van der Waals surface area contributed by atoms with Crippen LogP contribution in [0.2, 0.25) is 0 Å². The zero-order valence-corrected chi connectivity index (χ0v) is 14.3. The number of anilines is 1. The average Bonchev–Trinajstić information content (AvgIpc) is 2.54. The summed E-state index contributed by atoms with van der Waals surface area (Å²) in [6, 6.07) is 8.18. The van der Waals surface area contributed by atoms with Crippen LogP contribution in [0.4, 0.5) is 5.69 Å². The van der Waals surface area contributed by atoms with Crippen LogP contribution < -0.4 is 5.32 Å². The first-order chi connectivity index (χ1) is 11.0. The number of carbonyl (C=O) groups is 2. The number of nitrogens with one attached hydrogen (secondary N) is 1. The number of aromatic nitrogens is 1. The van der Waals surface area contributed by atoms with Gasteiger partial charge in [-0.1, -0.05) is 35.3 Å². The van der Waals surface area contributed by atoms with Crippen molar-refractivity contribution < 1.29 is 14.7 Å². The van der Waals surface area contributed by atoms with Crippen LogP contribution in [-0.2, 0) is 6.42 Å². The van der Waals surface area contributed by atoms with E-state index >= 15 is 0 Å². The predicted molar refractivity (Wildman–Crippen MR) is 91.9 cm³/mol. The molecule has 6 heteroatoms. The molecule has 1 aromatic heterocycles. The first kappa shape index (κ1) is 17.1. The molecule has 0 saturated heterocycles. The Morgan fingerprint density at radius 1 is 1.26 bits per heavy atom. The van der Waals surface area contributed by atoms with Crippen LogP contribution in [0.15, 0.2) is 41.0 Å². The molecule has 0 spiro atoms. The van der Waals surface area contributed by atoms with E-state index in [9.17, 15) is 14.7 Å². The lowest BCUT2D eigenvalue weighted by molar-refractivity contribution is 0.0698. The molecule has 2 aromatic rings. The fraction of sp³-hybridized carbons (Fsp3) is 0.235. The van der Waals surface area contributed by atoms with E-state index in [-0.39, 0.29) is 16.9 Å². The van der Waals surface area contributed by atoms with E-state index in [4.69, 9.17) is 0 Å². The van der Waals surface area contributed by atoms with E-state index in [0.717, 1.165) is 24.8 Å². The number of hydrogen-bond donors (Lipinski definition) is 2. The molecular weight excluding hydrogens is 360 g/mol. The molecular formula is C17H17BrN2O3. The Balaban J connectivity index is 2.14. The number of halogens is 1. The number of benzene rings is 1. The minimum Gasteiger partial charge on any atom is -0.478 e. The Hall–Kier alpha value is -2.21. The lowest BCUT2D eigenvalue weighted by Gasteiger charge is -2.09. The number of aromatic carboxylic acids is 1. The van der Waals surface area contributed by atoms with Gasteiger partial charge in [-0.3, -0.25) is 9.78 Å². The van der Waals surface area contributed by atoms with Crippen LogP contribution in [0, 0.1) is 0 Å². The van der Waals surface area contributed by atoms with Crippen molar-refractivity contribution in [3.8, 4) is 0 Å². The van der Waals surface area contributed by atoms with Gasteiger partial charge in [0.2, 0.25) is 0 Å². The average molecular weight is 377 g/mol. The summed E-state index contributed by atoms with van der Waals surface area (Å²) in [5.41, 5.74) is 1.60. The maximum atomic E-state index is 12.2. The van der Waals surface area contributed by atoms with Crippen LogP contribution in [0.5, 0.6) is 0 Å². The van der Waals surface area contributed by atoms with Gasteiger partial charge in [-0.25, -0.2) is 4.79 Å². The summed E-state index contributed by atoms with van der Waals surface area (Å²) in [7, 11) is 0. The summed E-state index contributed by atoms with van der Waals surface area (Å²) in [5.74, 6) is -1.54. The number of carbonyl (C=O) groups excluding carboxylic acids is 1. The van der Waals surface area contributed by atoms with E-state index in [1.165, 1.54) is 6.07 Å². The third kappa shape index (κ3) is 4.63. The van der Waals surface area contributed by atoms with Crippen molar-refractivity contribution >= 4 is 33.5 Å². The van der Waals surface area contributed by atoms with E-state index in [2.05, 4.69) is 33.2 Å². The summed E-state index contributed by atoms with van der Waals surface area (Å²) < 4.78 is 0.631. The van der Waals surface area contributed by atoms with Crippen LogP contribution in [0.1, 0.15) is 46.2 Å². The second-order valence-corrected chi connectivity index (χ2v) is 6.02. The molecule has 0 aliphatic rings. The van der Waals surface area contributed by atoms with Crippen molar-refractivity contribution in [3.63, 3.8) is 0 Å². The van der Waals surface area contributed by atoms with Crippen molar-refractivity contribution in [2.24, 2.45) is 0 Å². The Labute approximate surface area is 142 Å². The van der Waals surface area contributed by atoms with Crippen LogP contribution in [-0.4, -0.2) is 22.0 Å². The molecule has 0 saturated carbocycles. The third-order valence-electron chi connectivity index (χ3n) is 3.34. The zero-order chi connectivity index (χ0) is 16.8. The summed E-state index contributed by atoms with van der Waals surface area (Å²) in [5, 5.41) is 11.8. The van der Waals surface area contributed by atoms with Gasteiger partial charge in [-0.15, -0.1) is 0 Å². The standard InChI is InChI=1S/C17H17BrN2O3/c1-2-3-4-11-5-7-15(19-10-11)16(21)20-14-8-6-12(18)9-13(14)17(22)23/h5-10H,2-4H2,1H3,(H,20,21)(H,22,23).